The van der Waals surface area contributed by atoms with E-state index in [1.807, 2.05) is 40.5 Å². The average Bonchev–Trinajstić information content (AvgIpc) is 3.11. The van der Waals surface area contributed by atoms with E-state index in [0.29, 0.717) is 10.7 Å². The van der Waals surface area contributed by atoms with Crippen molar-refractivity contribution in [3.63, 3.8) is 0 Å². The summed E-state index contributed by atoms with van der Waals surface area (Å²) in [5.74, 6) is 0.449. The molecule has 6 heteroatoms. The van der Waals surface area contributed by atoms with Crippen molar-refractivity contribution in [2.75, 3.05) is 5.32 Å². The van der Waals surface area contributed by atoms with E-state index in [4.69, 9.17) is 0 Å². The van der Waals surface area contributed by atoms with Crippen LogP contribution in [-0.4, -0.2) is 20.7 Å². The fraction of sp³-hybridized carbons (Fsp3) is 0. The minimum absolute atomic E-state index is 0.141. The SMILES string of the molecule is O=C(Nc1ccn[nH]1)c1sccc1-n1cccc1. The molecule has 1 amide bonds. The first-order valence-electron chi connectivity index (χ1n) is 5.36. The molecule has 0 aliphatic rings. The van der Waals surface area contributed by atoms with Crippen LogP contribution in [0.4, 0.5) is 5.82 Å². The number of hydrogen-bond donors (Lipinski definition) is 2. The predicted molar refractivity (Wildman–Crippen MR) is 70.2 cm³/mol. The van der Waals surface area contributed by atoms with Gasteiger partial charge in [-0.25, -0.2) is 0 Å². The van der Waals surface area contributed by atoms with Crippen molar-refractivity contribution >= 4 is 23.1 Å². The normalized spacial score (nSPS) is 10.4. The Bertz CT molecular complexity index is 639. The first kappa shape index (κ1) is 10.8. The standard InChI is InChI=1S/C12H10N4OS/c17-12(14-10-3-5-13-15-10)11-9(4-8-18-11)16-6-1-2-7-16/h1-8H,(H2,13,14,15,17). The highest BCUT2D eigenvalue weighted by atomic mass is 32.1. The number of rotatable bonds is 3. The zero-order valence-electron chi connectivity index (χ0n) is 9.33. The second-order valence-electron chi connectivity index (χ2n) is 3.65. The molecule has 0 radical (unpaired) electrons. The second kappa shape index (κ2) is 4.50. The molecule has 0 unspecified atom stereocenters. The first-order chi connectivity index (χ1) is 8.84. The van der Waals surface area contributed by atoms with E-state index in [-0.39, 0.29) is 5.91 Å². The Morgan fingerprint density at radius 2 is 2.17 bits per heavy atom. The molecule has 0 bridgehead atoms. The number of nitrogens with one attached hydrogen (secondary N) is 2. The number of aromatic nitrogens is 3. The molecule has 3 heterocycles. The molecule has 0 aromatic carbocycles. The molecule has 0 spiro atoms. The van der Waals surface area contributed by atoms with Crippen LogP contribution in [0.2, 0.25) is 0 Å². The number of carbonyl (C=O) groups excluding carboxylic acids is 1. The topological polar surface area (TPSA) is 62.7 Å². The molecule has 2 N–H and O–H groups in total. The summed E-state index contributed by atoms with van der Waals surface area (Å²) in [5.41, 5.74) is 0.877. The highest BCUT2D eigenvalue weighted by Crippen LogP contribution is 2.22. The van der Waals surface area contributed by atoms with Crippen LogP contribution in [-0.2, 0) is 0 Å². The smallest absolute Gasteiger partial charge is 0.269 e. The quantitative estimate of drug-likeness (QED) is 0.758. The van der Waals surface area contributed by atoms with Crippen LogP contribution in [0.25, 0.3) is 5.69 Å². The maximum absolute atomic E-state index is 12.1. The van der Waals surface area contributed by atoms with Crippen LogP contribution in [0, 0.1) is 0 Å². The molecule has 3 rings (SSSR count). The molecule has 3 aromatic rings. The van der Waals surface area contributed by atoms with Gasteiger partial charge in [0.1, 0.15) is 10.7 Å². The van der Waals surface area contributed by atoms with Crippen molar-refractivity contribution < 1.29 is 4.79 Å². The molecule has 18 heavy (non-hydrogen) atoms. The summed E-state index contributed by atoms with van der Waals surface area (Å²) in [6, 6.07) is 7.48. The molecular weight excluding hydrogens is 248 g/mol. The van der Waals surface area contributed by atoms with E-state index < -0.39 is 0 Å². The largest absolute Gasteiger partial charge is 0.322 e. The van der Waals surface area contributed by atoms with Gasteiger partial charge in [0.15, 0.2) is 0 Å². The number of thiophene rings is 1. The molecule has 0 saturated heterocycles. The van der Waals surface area contributed by atoms with Crippen LogP contribution >= 0.6 is 11.3 Å². The van der Waals surface area contributed by atoms with Gasteiger partial charge in [0.05, 0.1) is 11.9 Å². The van der Waals surface area contributed by atoms with Gasteiger partial charge in [-0.15, -0.1) is 11.3 Å². The Morgan fingerprint density at radius 1 is 1.33 bits per heavy atom. The number of hydrogen-bond acceptors (Lipinski definition) is 3. The molecule has 0 aliphatic heterocycles. The van der Waals surface area contributed by atoms with Crippen molar-refractivity contribution in [3.8, 4) is 5.69 Å². The van der Waals surface area contributed by atoms with Crippen molar-refractivity contribution in [2.45, 2.75) is 0 Å². The molecule has 5 nitrogen and oxygen atoms in total. The monoisotopic (exact) mass is 258 g/mol. The van der Waals surface area contributed by atoms with Crippen molar-refractivity contribution in [3.05, 3.63) is 53.1 Å². The van der Waals surface area contributed by atoms with Gasteiger partial charge in [0.25, 0.3) is 5.91 Å². The maximum Gasteiger partial charge on any atom is 0.269 e. The first-order valence-corrected chi connectivity index (χ1v) is 6.24. The minimum atomic E-state index is -0.141. The predicted octanol–water partition coefficient (Wildman–Crippen LogP) is 2.51. The number of amides is 1. The van der Waals surface area contributed by atoms with Crippen LogP contribution in [0.5, 0.6) is 0 Å². The van der Waals surface area contributed by atoms with Gasteiger partial charge >= 0.3 is 0 Å². The molecule has 0 saturated carbocycles. The molecule has 0 fully saturated rings. The third-order valence-electron chi connectivity index (χ3n) is 2.48. The van der Waals surface area contributed by atoms with Crippen LogP contribution < -0.4 is 5.32 Å². The van der Waals surface area contributed by atoms with Gasteiger partial charge in [0.2, 0.25) is 0 Å². The summed E-state index contributed by atoms with van der Waals surface area (Å²) in [7, 11) is 0. The number of H-pyrrole nitrogens is 1. The number of carbonyl (C=O) groups is 1. The maximum atomic E-state index is 12.1. The lowest BCUT2D eigenvalue weighted by Gasteiger charge is -2.05. The lowest BCUT2D eigenvalue weighted by Crippen LogP contribution is -2.12. The third kappa shape index (κ3) is 1.93. The molecular formula is C12H10N4OS. The Balaban J connectivity index is 1.89. The molecule has 0 aliphatic carbocycles. The zero-order chi connectivity index (χ0) is 12.4. The molecule has 3 aromatic heterocycles. The summed E-state index contributed by atoms with van der Waals surface area (Å²) in [5, 5.41) is 11.2. The van der Waals surface area contributed by atoms with E-state index in [0.717, 1.165) is 5.69 Å². The van der Waals surface area contributed by atoms with E-state index in [1.54, 1.807) is 12.3 Å². The fourth-order valence-corrected chi connectivity index (χ4v) is 2.46. The molecule has 0 atom stereocenters. The molecule has 90 valence electrons. The third-order valence-corrected chi connectivity index (χ3v) is 3.38. The number of anilines is 1. The van der Waals surface area contributed by atoms with Gasteiger partial charge < -0.3 is 9.88 Å². The summed E-state index contributed by atoms with van der Waals surface area (Å²) in [4.78, 5) is 12.8. The Hall–Kier alpha value is -2.34. The van der Waals surface area contributed by atoms with Gasteiger partial charge in [0, 0.05) is 18.5 Å². The van der Waals surface area contributed by atoms with Crippen molar-refractivity contribution in [1.29, 1.82) is 0 Å². The number of aromatic amines is 1. The highest BCUT2D eigenvalue weighted by Gasteiger charge is 2.14. The highest BCUT2D eigenvalue weighted by molar-refractivity contribution is 7.12. The minimum Gasteiger partial charge on any atom is -0.322 e. The van der Waals surface area contributed by atoms with Crippen molar-refractivity contribution in [2.24, 2.45) is 0 Å². The van der Waals surface area contributed by atoms with Crippen LogP contribution in [0.3, 0.4) is 0 Å². The van der Waals surface area contributed by atoms with Gasteiger partial charge in [-0.2, -0.15) is 5.10 Å². The van der Waals surface area contributed by atoms with E-state index in [1.165, 1.54) is 11.3 Å². The summed E-state index contributed by atoms with van der Waals surface area (Å²) in [6.45, 7) is 0. The van der Waals surface area contributed by atoms with Gasteiger partial charge in [-0.05, 0) is 23.6 Å². The Labute approximate surface area is 107 Å². The summed E-state index contributed by atoms with van der Waals surface area (Å²) < 4.78 is 1.92. The van der Waals surface area contributed by atoms with Gasteiger partial charge in [-0.3, -0.25) is 9.89 Å². The summed E-state index contributed by atoms with van der Waals surface area (Å²) >= 11 is 1.41. The average molecular weight is 258 g/mol. The Morgan fingerprint density at radius 3 is 2.89 bits per heavy atom. The zero-order valence-corrected chi connectivity index (χ0v) is 10.1. The summed E-state index contributed by atoms with van der Waals surface area (Å²) in [6.07, 6.45) is 5.42. The second-order valence-corrected chi connectivity index (χ2v) is 4.57. The van der Waals surface area contributed by atoms with E-state index in [2.05, 4.69) is 15.5 Å². The van der Waals surface area contributed by atoms with Gasteiger partial charge in [-0.1, -0.05) is 0 Å². The number of nitrogens with zero attached hydrogens (tertiary/aromatic N) is 2. The van der Waals surface area contributed by atoms with E-state index >= 15 is 0 Å². The van der Waals surface area contributed by atoms with E-state index in [9.17, 15) is 4.79 Å². The fourth-order valence-electron chi connectivity index (χ4n) is 1.68. The Kier molecular flexibility index (Phi) is 2.70. The van der Waals surface area contributed by atoms with Crippen molar-refractivity contribution in [1.82, 2.24) is 14.8 Å². The van der Waals surface area contributed by atoms with Crippen LogP contribution in [0.1, 0.15) is 9.67 Å². The van der Waals surface area contributed by atoms with Crippen LogP contribution in [0.15, 0.2) is 48.2 Å². The lowest BCUT2D eigenvalue weighted by atomic mass is 10.3. The lowest BCUT2D eigenvalue weighted by molar-refractivity contribution is 0.103.